The van der Waals surface area contributed by atoms with Gasteiger partial charge in [-0.1, -0.05) is 18.2 Å². The normalized spacial score (nSPS) is 10.0. The average molecular weight is 342 g/mol. The summed E-state index contributed by atoms with van der Waals surface area (Å²) in [5, 5.41) is 13.4. The van der Waals surface area contributed by atoms with E-state index in [4.69, 9.17) is 9.47 Å². The van der Waals surface area contributed by atoms with Crippen LogP contribution in [0.25, 0.3) is 0 Å². The number of carbonyl (C=O) groups excluding carboxylic acids is 1. The largest absolute Gasteiger partial charge is 0.493 e. The number of methoxy groups -OCH3 is 1. The van der Waals surface area contributed by atoms with Gasteiger partial charge in [0.15, 0.2) is 11.5 Å². The Hall–Kier alpha value is -3.35. The number of rotatable bonds is 6. The zero-order valence-electron chi connectivity index (χ0n) is 13.9. The predicted octanol–water partition coefficient (Wildman–Crippen LogP) is 4.25. The Balaban J connectivity index is 2.14. The topological polar surface area (TPSA) is 90.7 Å². The van der Waals surface area contributed by atoms with Crippen molar-refractivity contribution in [2.45, 2.75) is 13.3 Å². The SMILES string of the molecule is C=CCc1ccc(OC(=O)Nc2ccc(C)c([N+](=O)[O-])c2)c(OC)c1. The molecule has 0 saturated carbocycles. The molecule has 25 heavy (non-hydrogen) atoms. The van der Waals surface area contributed by atoms with Crippen LogP contribution < -0.4 is 14.8 Å². The van der Waals surface area contributed by atoms with Crippen LogP contribution in [0.4, 0.5) is 16.2 Å². The van der Waals surface area contributed by atoms with Gasteiger partial charge in [-0.2, -0.15) is 0 Å². The second-order valence-electron chi connectivity index (χ2n) is 5.25. The molecule has 7 nitrogen and oxygen atoms in total. The van der Waals surface area contributed by atoms with Crippen molar-refractivity contribution in [2.75, 3.05) is 12.4 Å². The van der Waals surface area contributed by atoms with Crippen LogP contribution in [0.5, 0.6) is 11.5 Å². The van der Waals surface area contributed by atoms with Crippen molar-refractivity contribution in [1.29, 1.82) is 0 Å². The molecule has 2 aromatic rings. The van der Waals surface area contributed by atoms with E-state index in [2.05, 4.69) is 11.9 Å². The van der Waals surface area contributed by atoms with Crippen molar-refractivity contribution in [3.05, 3.63) is 70.3 Å². The van der Waals surface area contributed by atoms with E-state index in [1.54, 1.807) is 43.3 Å². The number of hydrogen-bond donors (Lipinski definition) is 1. The first-order chi connectivity index (χ1) is 11.9. The first-order valence-electron chi connectivity index (χ1n) is 7.46. The monoisotopic (exact) mass is 342 g/mol. The highest BCUT2D eigenvalue weighted by Gasteiger charge is 2.14. The minimum absolute atomic E-state index is 0.0795. The number of nitro benzene ring substituents is 1. The molecule has 0 bridgehead atoms. The lowest BCUT2D eigenvalue weighted by Crippen LogP contribution is -2.17. The summed E-state index contributed by atoms with van der Waals surface area (Å²) in [6, 6.07) is 9.56. The molecule has 0 fully saturated rings. The van der Waals surface area contributed by atoms with Crippen molar-refractivity contribution in [1.82, 2.24) is 0 Å². The number of nitrogens with one attached hydrogen (secondary N) is 1. The Kier molecular flexibility index (Phi) is 5.73. The van der Waals surface area contributed by atoms with Crippen molar-refractivity contribution >= 4 is 17.5 Å². The second-order valence-corrected chi connectivity index (χ2v) is 5.25. The van der Waals surface area contributed by atoms with Gasteiger partial charge in [0.1, 0.15) is 0 Å². The standard InChI is InChI=1S/C18H18N2O5/c1-4-5-13-7-9-16(17(10-13)24-3)25-18(21)19-14-8-6-12(2)15(11-14)20(22)23/h4,6-11H,1,5H2,2-3H3,(H,19,21). The highest BCUT2D eigenvalue weighted by molar-refractivity contribution is 5.87. The van der Waals surface area contributed by atoms with E-state index in [1.807, 2.05) is 0 Å². The number of benzene rings is 2. The molecule has 1 N–H and O–H groups in total. The van der Waals surface area contributed by atoms with Gasteiger partial charge in [-0.15, -0.1) is 6.58 Å². The van der Waals surface area contributed by atoms with E-state index < -0.39 is 11.0 Å². The molecule has 0 radical (unpaired) electrons. The summed E-state index contributed by atoms with van der Waals surface area (Å²) in [5.74, 6) is 0.652. The van der Waals surface area contributed by atoms with Crippen LogP contribution in [0.2, 0.25) is 0 Å². The molecular formula is C18H18N2O5. The van der Waals surface area contributed by atoms with Gasteiger partial charge >= 0.3 is 6.09 Å². The number of ether oxygens (including phenoxy) is 2. The third-order valence-corrected chi connectivity index (χ3v) is 3.46. The molecular weight excluding hydrogens is 324 g/mol. The van der Waals surface area contributed by atoms with Gasteiger partial charge in [-0.25, -0.2) is 4.79 Å². The molecule has 0 saturated heterocycles. The molecule has 1 amide bonds. The number of carbonyl (C=O) groups is 1. The molecule has 0 heterocycles. The summed E-state index contributed by atoms with van der Waals surface area (Å²) < 4.78 is 10.5. The van der Waals surface area contributed by atoms with Crippen molar-refractivity contribution < 1.29 is 19.2 Å². The van der Waals surface area contributed by atoms with E-state index in [9.17, 15) is 14.9 Å². The zero-order valence-corrected chi connectivity index (χ0v) is 13.9. The van der Waals surface area contributed by atoms with Crippen LogP contribution >= 0.6 is 0 Å². The maximum absolute atomic E-state index is 12.1. The zero-order chi connectivity index (χ0) is 18.4. The van der Waals surface area contributed by atoms with Gasteiger partial charge in [-0.05, 0) is 37.1 Å². The second kappa shape index (κ2) is 7.96. The molecule has 7 heteroatoms. The summed E-state index contributed by atoms with van der Waals surface area (Å²) in [4.78, 5) is 22.5. The number of aryl methyl sites for hydroxylation is 1. The number of nitrogens with zero attached hydrogens (tertiary/aromatic N) is 1. The van der Waals surface area contributed by atoms with E-state index in [0.29, 0.717) is 17.7 Å². The molecule has 2 rings (SSSR count). The van der Waals surface area contributed by atoms with Gasteiger partial charge < -0.3 is 9.47 Å². The minimum atomic E-state index is -0.770. The summed E-state index contributed by atoms with van der Waals surface area (Å²) >= 11 is 0. The highest BCUT2D eigenvalue weighted by Crippen LogP contribution is 2.29. The molecule has 0 aliphatic heterocycles. The fourth-order valence-electron chi connectivity index (χ4n) is 2.22. The lowest BCUT2D eigenvalue weighted by Gasteiger charge is -2.11. The molecule has 2 aromatic carbocycles. The maximum Gasteiger partial charge on any atom is 0.417 e. The molecule has 0 aromatic heterocycles. The molecule has 0 spiro atoms. The smallest absolute Gasteiger partial charge is 0.417 e. The molecule has 0 atom stereocenters. The Bertz CT molecular complexity index is 817. The van der Waals surface area contributed by atoms with Crippen LogP contribution in [0, 0.1) is 17.0 Å². The van der Waals surface area contributed by atoms with Crippen LogP contribution in [0.3, 0.4) is 0 Å². The van der Waals surface area contributed by atoms with Gasteiger partial charge in [0.2, 0.25) is 0 Å². The third kappa shape index (κ3) is 4.57. The Labute approximate surface area is 145 Å². The minimum Gasteiger partial charge on any atom is -0.493 e. The van der Waals surface area contributed by atoms with Crippen LogP contribution in [0.1, 0.15) is 11.1 Å². The Morgan fingerprint density at radius 2 is 2.04 bits per heavy atom. The van der Waals surface area contributed by atoms with Crippen LogP contribution in [-0.4, -0.2) is 18.1 Å². The van der Waals surface area contributed by atoms with Gasteiger partial charge in [0, 0.05) is 11.6 Å². The summed E-state index contributed by atoms with van der Waals surface area (Å²) in [6.45, 7) is 5.29. The highest BCUT2D eigenvalue weighted by atomic mass is 16.6. The number of hydrogen-bond acceptors (Lipinski definition) is 5. The summed E-state index contributed by atoms with van der Waals surface area (Å²) in [5.41, 5.74) is 1.66. The van der Waals surface area contributed by atoms with Crippen molar-refractivity contribution in [2.24, 2.45) is 0 Å². The fraction of sp³-hybridized carbons (Fsp3) is 0.167. The first kappa shape index (κ1) is 18.0. The van der Waals surface area contributed by atoms with Crippen LogP contribution in [-0.2, 0) is 6.42 Å². The molecule has 0 aliphatic carbocycles. The Morgan fingerprint density at radius 3 is 2.68 bits per heavy atom. The van der Waals surface area contributed by atoms with Gasteiger partial charge in [0.05, 0.1) is 17.7 Å². The number of anilines is 1. The lowest BCUT2D eigenvalue weighted by molar-refractivity contribution is -0.385. The fourth-order valence-corrected chi connectivity index (χ4v) is 2.22. The average Bonchev–Trinajstić information content (AvgIpc) is 2.58. The van der Waals surface area contributed by atoms with Gasteiger partial charge in [0.25, 0.3) is 5.69 Å². The molecule has 130 valence electrons. The van der Waals surface area contributed by atoms with Crippen molar-refractivity contribution in [3.63, 3.8) is 0 Å². The quantitative estimate of drug-likeness (QED) is 0.481. The lowest BCUT2D eigenvalue weighted by atomic mass is 10.1. The summed E-state index contributed by atoms with van der Waals surface area (Å²) in [7, 11) is 1.47. The van der Waals surface area contributed by atoms with E-state index in [0.717, 1.165) is 5.56 Å². The molecule has 0 unspecified atom stereocenters. The maximum atomic E-state index is 12.1. The third-order valence-electron chi connectivity index (χ3n) is 3.46. The van der Waals surface area contributed by atoms with E-state index >= 15 is 0 Å². The number of nitro groups is 1. The number of amides is 1. The molecule has 0 aliphatic rings. The first-order valence-corrected chi connectivity index (χ1v) is 7.46. The predicted molar refractivity (Wildman–Crippen MR) is 94.4 cm³/mol. The van der Waals surface area contributed by atoms with Crippen LogP contribution in [0.15, 0.2) is 49.1 Å². The van der Waals surface area contributed by atoms with Crippen molar-refractivity contribution in [3.8, 4) is 11.5 Å². The van der Waals surface area contributed by atoms with Gasteiger partial charge in [-0.3, -0.25) is 15.4 Å². The van der Waals surface area contributed by atoms with E-state index in [1.165, 1.54) is 13.2 Å². The Morgan fingerprint density at radius 1 is 1.28 bits per heavy atom. The summed E-state index contributed by atoms with van der Waals surface area (Å²) in [6.07, 6.45) is 1.65. The van der Waals surface area contributed by atoms with E-state index in [-0.39, 0.29) is 17.1 Å². The number of allylic oxidation sites excluding steroid dienone is 1.